The Morgan fingerprint density at radius 2 is 1.76 bits per heavy atom. The van der Waals surface area contributed by atoms with E-state index >= 15 is 0 Å². The van der Waals surface area contributed by atoms with Crippen molar-refractivity contribution in [3.8, 4) is 5.75 Å². The van der Waals surface area contributed by atoms with Gasteiger partial charge in [0.15, 0.2) is 0 Å². The smallest absolute Gasteiger partial charge is 0.119 e. The molecule has 2 nitrogen and oxygen atoms in total. The standard InChI is InChI=1S/C19H23NO/c1-2-5-17(6-3-1)15-21-19-10-8-16(9-11-19)13-18-7-4-12-20-14-18/h1-3,5-6,8-11,18,20H,4,7,12-15H2. The number of hydrogen-bond donors (Lipinski definition) is 1. The molecule has 1 unspecified atom stereocenters. The van der Waals surface area contributed by atoms with Crippen molar-refractivity contribution in [2.75, 3.05) is 13.1 Å². The van der Waals surface area contributed by atoms with Crippen LogP contribution in [0.2, 0.25) is 0 Å². The Kier molecular flexibility index (Phi) is 4.90. The summed E-state index contributed by atoms with van der Waals surface area (Å²) in [5.41, 5.74) is 2.62. The summed E-state index contributed by atoms with van der Waals surface area (Å²) in [6.45, 7) is 2.97. The van der Waals surface area contributed by atoms with E-state index in [1.807, 2.05) is 18.2 Å². The first-order chi connectivity index (χ1) is 10.4. The zero-order valence-corrected chi connectivity index (χ0v) is 12.4. The van der Waals surface area contributed by atoms with Gasteiger partial charge in [-0.2, -0.15) is 0 Å². The molecule has 21 heavy (non-hydrogen) atoms. The van der Waals surface area contributed by atoms with Crippen molar-refractivity contribution < 1.29 is 4.74 Å². The maximum Gasteiger partial charge on any atom is 0.119 e. The van der Waals surface area contributed by atoms with Gasteiger partial charge >= 0.3 is 0 Å². The van der Waals surface area contributed by atoms with Crippen LogP contribution in [0.5, 0.6) is 5.75 Å². The van der Waals surface area contributed by atoms with E-state index in [9.17, 15) is 0 Å². The van der Waals surface area contributed by atoms with Gasteiger partial charge in [0.1, 0.15) is 12.4 Å². The first kappa shape index (κ1) is 14.2. The van der Waals surface area contributed by atoms with E-state index in [0.717, 1.165) is 18.2 Å². The molecule has 0 aliphatic carbocycles. The van der Waals surface area contributed by atoms with Gasteiger partial charge in [0.25, 0.3) is 0 Å². The molecule has 2 aromatic carbocycles. The molecule has 2 aromatic rings. The fourth-order valence-electron chi connectivity index (χ4n) is 2.89. The highest BCUT2D eigenvalue weighted by molar-refractivity contribution is 5.28. The number of rotatable bonds is 5. The molecule has 0 aromatic heterocycles. The van der Waals surface area contributed by atoms with Crippen LogP contribution in [0.4, 0.5) is 0 Å². The SMILES string of the molecule is c1ccc(COc2ccc(CC3CCCNC3)cc2)cc1. The van der Waals surface area contributed by atoms with Crippen LogP contribution in [0, 0.1) is 5.92 Å². The largest absolute Gasteiger partial charge is 0.489 e. The second kappa shape index (κ2) is 7.28. The molecule has 1 aliphatic heterocycles. The summed E-state index contributed by atoms with van der Waals surface area (Å²) in [6, 6.07) is 18.9. The van der Waals surface area contributed by atoms with Gasteiger partial charge < -0.3 is 10.1 Å². The van der Waals surface area contributed by atoms with Gasteiger partial charge in [-0.05, 0) is 61.5 Å². The Morgan fingerprint density at radius 1 is 0.952 bits per heavy atom. The Morgan fingerprint density at radius 3 is 2.48 bits per heavy atom. The third-order valence-electron chi connectivity index (χ3n) is 4.09. The van der Waals surface area contributed by atoms with E-state index < -0.39 is 0 Å². The fourth-order valence-corrected chi connectivity index (χ4v) is 2.89. The van der Waals surface area contributed by atoms with Crippen molar-refractivity contribution in [2.45, 2.75) is 25.9 Å². The lowest BCUT2D eigenvalue weighted by Crippen LogP contribution is -2.30. The van der Waals surface area contributed by atoms with Gasteiger partial charge in [-0.25, -0.2) is 0 Å². The van der Waals surface area contributed by atoms with Gasteiger partial charge in [-0.3, -0.25) is 0 Å². The molecule has 110 valence electrons. The van der Waals surface area contributed by atoms with E-state index in [1.54, 1.807) is 0 Å². The normalized spacial score (nSPS) is 18.4. The highest BCUT2D eigenvalue weighted by atomic mass is 16.5. The van der Waals surface area contributed by atoms with Crippen molar-refractivity contribution in [2.24, 2.45) is 5.92 Å². The fraction of sp³-hybridized carbons (Fsp3) is 0.368. The molecule has 1 saturated heterocycles. The lowest BCUT2D eigenvalue weighted by atomic mass is 9.92. The average molecular weight is 281 g/mol. The molecule has 1 N–H and O–H groups in total. The van der Waals surface area contributed by atoms with Crippen LogP contribution in [0.3, 0.4) is 0 Å². The molecule has 0 amide bonds. The van der Waals surface area contributed by atoms with Gasteiger partial charge in [0.2, 0.25) is 0 Å². The predicted octanol–water partition coefficient (Wildman–Crippen LogP) is 3.81. The molecule has 1 atom stereocenters. The van der Waals surface area contributed by atoms with E-state index in [2.05, 4.69) is 41.7 Å². The lowest BCUT2D eigenvalue weighted by molar-refractivity contribution is 0.306. The molecule has 2 heteroatoms. The quantitative estimate of drug-likeness (QED) is 0.900. The van der Waals surface area contributed by atoms with Crippen LogP contribution < -0.4 is 10.1 Å². The number of nitrogens with one attached hydrogen (secondary N) is 1. The van der Waals surface area contributed by atoms with Crippen molar-refractivity contribution >= 4 is 0 Å². The average Bonchev–Trinajstić information content (AvgIpc) is 2.56. The summed E-state index contributed by atoms with van der Waals surface area (Å²) < 4.78 is 5.82. The molecular weight excluding hydrogens is 258 g/mol. The van der Waals surface area contributed by atoms with E-state index in [-0.39, 0.29) is 0 Å². The minimum absolute atomic E-state index is 0.632. The molecule has 0 saturated carbocycles. The number of piperidine rings is 1. The first-order valence-corrected chi connectivity index (χ1v) is 7.86. The van der Waals surface area contributed by atoms with Crippen molar-refractivity contribution in [1.82, 2.24) is 5.32 Å². The van der Waals surface area contributed by atoms with E-state index in [1.165, 1.54) is 36.9 Å². The van der Waals surface area contributed by atoms with Crippen molar-refractivity contribution in [3.05, 3.63) is 65.7 Å². The summed E-state index contributed by atoms with van der Waals surface area (Å²) >= 11 is 0. The van der Waals surface area contributed by atoms with E-state index in [4.69, 9.17) is 4.74 Å². The minimum Gasteiger partial charge on any atom is -0.489 e. The van der Waals surface area contributed by atoms with Crippen LogP contribution in [-0.2, 0) is 13.0 Å². The predicted molar refractivity (Wildman–Crippen MR) is 86.5 cm³/mol. The van der Waals surface area contributed by atoms with Crippen LogP contribution in [0.25, 0.3) is 0 Å². The Bertz CT molecular complexity index is 529. The van der Waals surface area contributed by atoms with Gasteiger partial charge in [-0.1, -0.05) is 42.5 Å². The van der Waals surface area contributed by atoms with Gasteiger partial charge in [0.05, 0.1) is 0 Å². The molecular formula is C19H23NO. The van der Waals surface area contributed by atoms with E-state index in [0.29, 0.717) is 6.61 Å². The van der Waals surface area contributed by atoms with Crippen LogP contribution >= 0.6 is 0 Å². The number of hydrogen-bond acceptors (Lipinski definition) is 2. The highest BCUT2D eigenvalue weighted by Gasteiger charge is 2.13. The van der Waals surface area contributed by atoms with Gasteiger partial charge in [-0.15, -0.1) is 0 Å². The topological polar surface area (TPSA) is 21.3 Å². The monoisotopic (exact) mass is 281 g/mol. The maximum absolute atomic E-state index is 5.82. The molecule has 0 radical (unpaired) electrons. The summed E-state index contributed by atoms with van der Waals surface area (Å²) in [4.78, 5) is 0. The third-order valence-corrected chi connectivity index (χ3v) is 4.09. The molecule has 1 aliphatic rings. The maximum atomic E-state index is 5.82. The van der Waals surface area contributed by atoms with Crippen molar-refractivity contribution in [3.63, 3.8) is 0 Å². The highest BCUT2D eigenvalue weighted by Crippen LogP contribution is 2.19. The molecule has 0 spiro atoms. The van der Waals surface area contributed by atoms with Gasteiger partial charge in [0, 0.05) is 0 Å². The Labute approximate surface area is 127 Å². The summed E-state index contributed by atoms with van der Waals surface area (Å²) in [5.74, 6) is 1.74. The van der Waals surface area contributed by atoms with Crippen LogP contribution in [0.15, 0.2) is 54.6 Å². The number of ether oxygens (including phenoxy) is 1. The summed E-state index contributed by atoms with van der Waals surface area (Å²) in [6.07, 6.45) is 3.83. The second-order valence-corrected chi connectivity index (χ2v) is 5.83. The van der Waals surface area contributed by atoms with Crippen LogP contribution in [0.1, 0.15) is 24.0 Å². The minimum atomic E-state index is 0.632. The lowest BCUT2D eigenvalue weighted by Gasteiger charge is -2.22. The molecule has 1 heterocycles. The first-order valence-electron chi connectivity index (χ1n) is 7.86. The Balaban J connectivity index is 1.51. The molecule has 0 bridgehead atoms. The van der Waals surface area contributed by atoms with Crippen LogP contribution in [-0.4, -0.2) is 13.1 Å². The number of benzene rings is 2. The zero-order chi connectivity index (χ0) is 14.3. The summed E-state index contributed by atoms with van der Waals surface area (Å²) in [7, 11) is 0. The third kappa shape index (κ3) is 4.33. The second-order valence-electron chi connectivity index (χ2n) is 5.83. The summed E-state index contributed by atoms with van der Waals surface area (Å²) in [5, 5.41) is 3.48. The molecule has 3 rings (SSSR count). The Hall–Kier alpha value is -1.80. The molecule has 1 fully saturated rings. The van der Waals surface area contributed by atoms with Crippen molar-refractivity contribution in [1.29, 1.82) is 0 Å². The zero-order valence-electron chi connectivity index (χ0n) is 12.4.